The van der Waals surface area contributed by atoms with Gasteiger partial charge in [0.2, 0.25) is 10.0 Å². The fourth-order valence-electron chi connectivity index (χ4n) is 3.35. The fourth-order valence-corrected chi connectivity index (χ4v) is 3.91. The second kappa shape index (κ2) is 8.02. The molecule has 0 amide bonds. The third-order valence-electron chi connectivity index (χ3n) is 4.45. The van der Waals surface area contributed by atoms with Crippen LogP contribution in [0.3, 0.4) is 0 Å². The third kappa shape index (κ3) is 4.51. The maximum Gasteiger partial charge on any atom is 0.317 e. The fraction of sp³-hybridized carbons (Fsp3) is 0.300. The quantitative estimate of drug-likeness (QED) is 0.588. The normalized spacial score (nSPS) is 19.8. The number of ketones is 1. The number of esters is 1. The Hall–Kier alpha value is -2.87. The molecule has 0 bridgehead atoms. The Morgan fingerprint density at radius 1 is 1.29 bits per heavy atom. The van der Waals surface area contributed by atoms with Crippen molar-refractivity contribution in [1.29, 1.82) is 0 Å². The van der Waals surface area contributed by atoms with Gasteiger partial charge in [0.25, 0.3) is 0 Å². The number of nitrogens with one attached hydrogen (secondary N) is 1. The van der Waals surface area contributed by atoms with Crippen LogP contribution in [0, 0.1) is 5.92 Å². The highest BCUT2D eigenvalue weighted by atomic mass is 32.2. The van der Waals surface area contributed by atoms with Gasteiger partial charge in [-0.2, -0.15) is 0 Å². The standard InChI is InChI=1S/C20H21NO6S/c1-3-26-20(23)19-16(18-8-5-9-27-18)11-14(12-17(19)22)13-6-4-7-15(10-13)21-28(2,24)25/h4-10,12,16,19,21H,3,11H2,1-2H3/t16-,19+/m0/s1. The first-order valence-corrected chi connectivity index (χ1v) is 10.7. The molecule has 0 radical (unpaired) electrons. The lowest BCUT2D eigenvalue weighted by atomic mass is 9.75. The van der Waals surface area contributed by atoms with E-state index in [1.54, 1.807) is 43.3 Å². The first-order valence-electron chi connectivity index (χ1n) is 8.81. The number of carbonyl (C=O) groups is 2. The molecule has 1 aromatic carbocycles. The van der Waals surface area contributed by atoms with Gasteiger partial charge >= 0.3 is 5.97 Å². The molecule has 1 aliphatic carbocycles. The Kier molecular flexibility index (Phi) is 5.69. The van der Waals surface area contributed by atoms with Gasteiger partial charge in [0, 0.05) is 11.6 Å². The van der Waals surface area contributed by atoms with Gasteiger partial charge in [-0.05, 0) is 54.8 Å². The van der Waals surface area contributed by atoms with Crippen molar-refractivity contribution in [2.24, 2.45) is 5.92 Å². The van der Waals surface area contributed by atoms with E-state index in [1.807, 2.05) is 0 Å². The van der Waals surface area contributed by atoms with E-state index in [0.29, 0.717) is 29.0 Å². The summed E-state index contributed by atoms with van der Waals surface area (Å²) < 4.78 is 36.0. The summed E-state index contributed by atoms with van der Waals surface area (Å²) in [5.74, 6) is -1.86. The second-order valence-electron chi connectivity index (χ2n) is 6.58. The van der Waals surface area contributed by atoms with E-state index in [-0.39, 0.29) is 12.4 Å². The van der Waals surface area contributed by atoms with Crippen LogP contribution in [-0.2, 0) is 24.3 Å². The average Bonchev–Trinajstić information content (AvgIpc) is 3.14. The van der Waals surface area contributed by atoms with E-state index in [1.165, 1.54) is 12.3 Å². The van der Waals surface area contributed by atoms with Crippen molar-refractivity contribution in [3.05, 3.63) is 60.1 Å². The highest BCUT2D eigenvalue weighted by Gasteiger charge is 2.41. The van der Waals surface area contributed by atoms with Crippen LogP contribution in [0.25, 0.3) is 5.57 Å². The lowest BCUT2D eigenvalue weighted by molar-refractivity contribution is -0.151. The van der Waals surface area contributed by atoms with E-state index in [2.05, 4.69) is 4.72 Å². The molecule has 2 atom stereocenters. The van der Waals surface area contributed by atoms with Crippen molar-refractivity contribution in [2.75, 3.05) is 17.6 Å². The minimum absolute atomic E-state index is 0.184. The number of benzene rings is 1. The molecule has 148 valence electrons. The molecule has 8 heteroatoms. The van der Waals surface area contributed by atoms with Crippen LogP contribution < -0.4 is 4.72 Å². The number of carbonyl (C=O) groups excluding carboxylic acids is 2. The number of hydrogen-bond acceptors (Lipinski definition) is 6. The lowest BCUT2D eigenvalue weighted by Crippen LogP contribution is -2.33. The molecular weight excluding hydrogens is 382 g/mol. The first kappa shape index (κ1) is 19.9. The molecule has 1 aromatic heterocycles. The molecule has 1 heterocycles. The molecule has 7 nitrogen and oxygen atoms in total. The summed E-state index contributed by atoms with van der Waals surface area (Å²) in [6.07, 6.45) is 4.38. The van der Waals surface area contributed by atoms with Crippen LogP contribution in [0.1, 0.15) is 30.6 Å². The lowest BCUT2D eigenvalue weighted by Gasteiger charge is -2.27. The molecule has 2 aromatic rings. The molecule has 0 unspecified atom stereocenters. The van der Waals surface area contributed by atoms with Gasteiger partial charge in [-0.25, -0.2) is 8.42 Å². The van der Waals surface area contributed by atoms with Crippen molar-refractivity contribution in [1.82, 2.24) is 0 Å². The van der Waals surface area contributed by atoms with Gasteiger partial charge in [0.05, 0.1) is 19.1 Å². The number of anilines is 1. The van der Waals surface area contributed by atoms with E-state index < -0.39 is 27.8 Å². The molecule has 28 heavy (non-hydrogen) atoms. The van der Waals surface area contributed by atoms with Crippen molar-refractivity contribution >= 4 is 33.0 Å². The van der Waals surface area contributed by atoms with Crippen molar-refractivity contribution in [2.45, 2.75) is 19.3 Å². The van der Waals surface area contributed by atoms with Gasteiger partial charge in [-0.1, -0.05) is 12.1 Å². The molecular formula is C20H21NO6S. The zero-order chi connectivity index (χ0) is 20.3. The van der Waals surface area contributed by atoms with Gasteiger partial charge < -0.3 is 9.15 Å². The number of hydrogen-bond donors (Lipinski definition) is 1. The highest BCUT2D eigenvalue weighted by Crippen LogP contribution is 2.40. The van der Waals surface area contributed by atoms with Crippen molar-refractivity contribution < 1.29 is 27.2 Å². The zero-order valence-corrected chi connectivity index (χ0v) is 16.4. The average molecular weight is 403 g/mol. The largest absolute Gasteiger partial charge is 0.469 e. The molecule has 0 saturated heterocycles. The second-order valence-corrected chi connectivity index (χ2v) is 8.33. The van der Waals surface area contributed by atoms with Crippen LogP contribution >= 0.6 is 0 Å². The number of sulfonamides is 1. The number of furan rings is 1. The third-order valence-corrected chi connectivity index (χ3v) is 5.06. The van der Waals surface area contributed by atoms with Crippen molar-refractivity contribution in [3.8, 4) is 0 Å². The summed E-state index contributed by atoms with van der Waals surface area (Å²) in [6, 6.07) is 10.2. The van der Waals surface area contributed by atoms with Gasteiger partial charge in [0.15, 0.2) is 5.78 Å². The summed E-state index contributed by atoms with van der Waals surface area (Å²) in [5.41, 5.74) is 1.79. The predicted octanol–water partition coefficient (Wildman–Crippen LogP) is 2.97. The monoisotopic (exact) mass is 403 g/mol. The Bertz CT molecular complexity index is 1010. The van der Waals surface area contributed by atoms with Gasteiger partial charge in [0.1, 0.15) is 11.7 Å². The molecule has 1 aliphatic rings. The smallest absolute Gasteiger partial charge is 0.317 e. The number of allylic oxidation sites excluding steroid dienone is 2. The summed E-state index contributed by atoms with van der Waals surface area (Å²) in [7, 11) is -3.42. The van der Waals surface area contributed by atoms with Crippen LogP contribution in [0.15, 0.2) is 53.2 Å². The summed E-state index contributed by atoms with van der Waals surface area (Å²) in [4.78, 5) is 25.2. The van der Waals surface area contributed by atoms with Crippen LogP contribution in [0.5, 0.6) is 0 Å². The maximum absolute atomic E-state index is 12.8. The molecule has 0 spiro atoms. The molecule has 1 N–H and O–H groups in total. The number of ether oxygens (including phenoxy) is 1. The highest BCUT2D eigenvalue weighted by molar-refractivity contribution is 7.92. The SMILES string of the molecule is CCOC(=O)[C@H]1C(=O)C=C(c2cccc(NS(C)(=O)=O)c2)C[C@H]1c1ccco1. The summed E-state index contributed by atoms with van der Waals surface area (Å²) >= 11 is 0. The Labute approximate surface area is 163 Å². The minimum Gasteiger partial charge on any atom is -0.469 e. The van der Waals surface area contributed by atoms with Crippen molar-refractivity contribution in [3.63, 3.8) is 0 Å². The maximum atomic E-state index is 12.8. The van der Waals surface area contributed by atoms with Crippen LogP contribution in [-0.4, -0.2) is 33.0 Å². The Morgan fingerprint density at radius 3 is 2.71 bits per heavy atom. The Balaban J connectivity index is 1.97. The topological polar surface area (TPSA) is 103 Å². The van der Waals surface area contributed by atoms with E-state index >= 15 is 0 Å². The zero-order valence-electron chi connectivity index (χ0n) is 15.5. The van der Waals surface area contributed by atoms with E-state index in [4.69, 9.17) is 9.15 Å². The first-order chi connectivity index (χ1) is 13.3. The molecule has 0 saturated carbocycles. The van der Waals surface area contributed by atoms with Crippen LogP contribution in [0.2, 0.25) is 0 Å². The molecule has 0 fully saturated rings. The predicted molar refractivity (Wildman–Crippen MR) is 104 cm³/mol. The molecule has 3 rings (SSSR count). The van der Waals surface area contributed by atoms with Gasteiger partial charge in [-0.3, -0.25) is 14.3 Å². The minimum atomic E-state index is -3.42. The summed E-state index contributed by atoms with van der Waals surface area (Å²) in [6.45, 7) is 1.87. The van der Waals surface area contributed by atoms with Gasteiger partial charge in [-0.15, -0.1) is 0 Å². The van der Waals surface area contributed by atoms with Crippen LogP contribution in [0.4, 0.5) is 5.69 Å². The Morgan fingerprint density at radius 2 is 2.07 bits per heavy atom. The number of rotatable bonds is 6. The summed E-state index contributed by atoms with van der Waals surface area (Å²) in [5, 5.41) is 0. The molecule has 0 aliphatic heterocycles. The van der Waals surface area contributed by atoms with E-state index in [0.717, 1.165) is 6.26 Å². The van der Waals surface area contributed by atoms with E-state index in [9.17, 15) is 18.0 Å².